The number of nitrogens with one attached hydrogen (secondary N) is 1. The first kappa shape index (κ1) is 16.6. The van der Waals surface area contributed by atoms with E-state index in [2.05, 4.69) is 5.32 Å². The topological polar surface area (TPSA) is 64.6 Å². The molecule has 0 radical (unpaired) electrons. The largest absolute Gasteiger partial charge is 0.462 e. The van der Waals surface area contributed by atoms with Crippen molar-refractivity contribution in [3.63, 3.8) is 0 Å². The van der Waals surface area contributed by atoms with Gasteiger partial charge in [0.15, 0.2) is 0 Å². The number of rotatable bonds is 4. The summed E-state index contributed by atoms with van der Waals surface area (Å²) < 4.78 is 11.2. The third kappa shape index (κ3) is 2.86. The van der Waals surface area contributed by atoms with Crippen LogP contribution >= 0.6 is 11.6 Å². The molecule has 27 heavy (non-hydrogen) atoms. The molecule has 5 nitrogen and oxygen atoms in total. The van der Waals surface area contributed by atoms with Crippen LogP contribution in [0.4, 0.5) is 5.69 Å². The minimum Gasteiger partial charge on any atom is -0.462 e. The van der Waals surface area contributed by atoms with Gasteiger partial charge in [0, 0.05) is 16.6 Å². The van der Waals surface area contributed by atoms with E-state index in [0.717, 1.165) is 12.8 Å². The highest BCUT2D eigenvalue weighted by Gasteiger charge is 2.63. The second-order valence-electron chi connectivity index (χ2n) is 7.49. The Morgan fingerprint density at radius 2 is 1.70 bits per heavy atom. The van der Waals surface area contributed by atoms with Gasteiger partial charge in [-0.05, 0) is 67.3 Å². The van der Waals surface area contributed by atoms with Crippen molar-refractivity contribution in [1.29, 1.82) is 0 Å². The predicted octanol–water partition coefficient (Wildman–Crippen LogP) is 4.27. The molecule has 1 heterocycles. The van der Waals surface area contributed by atoms with Gasteiger partial charge in [-0.1, -0.05) is 11.6 Å². The molecule has 2 saturated carbocycles. The van der Waals surface area contributed by atoms with E-state index in [1.54, 1.807) is 48.5 Å². The molecule has 0 spiro atoms. The molecule has 5 rings (SSSR count). The number of halogens is 1. The van der Waals surface area contributed by atoms with Gasteiger partial charge in [0.2, 0.25) is 5.91 Å². The smallest absolute Gasteiger partial charge is 0.310 e. The van der Waals surface area contributed by atoms with Crippen LogP contribution in [0.15, 0.2) is 48.5 Å². The Morgan fingerprint density at radius 3 is 2.41 bits per heavy atom. The maximum Gasteiger partial charge on any atom is 0.310 e. The number of esters is 1. The number of benzene rings is 2. The summed E-state index contributed by atoms with van der Waals surface area (Å²) in [5.41, 5.74) is 0.689. The average molecular weight is 384 g/mol. The number of amides is 1. The summed E-state index contributed by atoms with van der Waals surface area (Å²) in [6.45, 7) is 0. The molecule has 6 heteroatoms. The van der Waals surface area contributed by atoms with Crippen LogP contribution in [0, 0.1) is 23.7 Å². The quantitative estimate of drug-likeness (QED) is 0.801. The summed E-state index contributed by atoms with van der Waals surface area (Å²) in [4.78, 5) is 24.9. The van der Waals surface area contributed by atoms with Gasteiger partial charge in [0.05, 0.1) is 11.8 Å². The summed E-state index contributed by atoms with van der Waals surface area (Å²) >= 11 is 5.87. The van der Waals surface area contributed by atoms with E-state index in [-0.39, 0.29) is 41.7 Å². The second kappa shape index (κ2) is 6.27. The van der Waals surface area contributed by atoms with Crippen LogP contribution in [-0.4, -0.2) is 18.0 Å². The van der Waals surface area contributed by atoms with E-state index >= 15 is 0 Å². The van der Waals surface area contributed by atoms with Crippen molar-refractivity contribution < 1.29 is 19.1 Å². The number of carbonyl (C=O) groups excluding carboxylic acids is 2. The number of hydrogen-bond acceptors (Lipinski definition) is 4. The fraction of sp³-hybridized carbons (Fsp3) is 0.333. The van der Waals surface area contributed by atoms with Crippen molar-refractivity contribution in [3.05, 3.63) is 53.6 Å². The first-order valence-electron chi connectivity index (χ1n) is 9.13. The standard InChI is InChI=1S/C21H18ClNO4/c22-12-1-5-14(6-2-12)26-15-7-3-13(4-8-15)23-20(24)18-11-9-16-17(10-11)27-21(25)19(16)18/h1-8,11,16-19H,9-10H2,(H,23,24)/t11-,16-,17+,18-,19-/m0/s1. The summed E-state index contributed by atoms with van der Waals surface area (Å²) in [7, 11) is 0. The predicted molar refractivity (Wildman–Crippen MR) is 99.7 cm³/mol. The highest BCUT2D eigenvalue weighted by molar-refractivity contribution is 6.30. The molecule has 1 aliphatic heterocycles. The fourth-order valence-electron chi connectivity index (χ4n) is 4.83. The maximum absolute atomic E-state index is 12.8. The summed E-state index contributed by atoms with van der Waals surface area (Å²) in [5, 5.41) is 3.60. The van der Waals surface area contributed by atoms with Crippen LogP contribution in [0.1, 0.15) is 12.8 Å². The zero-order valence-corrected chi connectivity index (χ0v) is 15.2. The lowest BCUT2D eigenvalue weighted by Crippen LogP contribution is -2.35. The van der Waals surface area contributed by atoms with E-state index in [4.69, 9.17) is 21.1 Å². The van der Waals surface area contributed by atoms with E-state index in [1.807, 2.05) is 0 Å². The fourth-order valence-corrected chi connectivity index (χ4v) is 4.96. The molecule has 1 saturated heterocycles. The molecular formula is C21H18ClNO4. The molecule has 0 unspecified atom stereocenters. The molecule has 5 atom stereocenters. The Bertz CT molecular complexity index is 893. The number of anilines is 1. The first-order chi connectivity index (χ1) is 13.1. The summed E-state index contributed by atoms with van der Waals surface area (Å²) in [5.74, 6) is 1.02. The van der Waals surface area contributed by atoms with E-state index in [1.165, 1.54) is 0 Å². The van der Waals surface area contributed by atoms with Crippen LogP contribution in [0.5, 0.6) is 11.5 Å². The van der Waals surface area contributed by atoms with E-state index < -0.39 is 0 Å². The molecule has 2 aromatic carbocycles. The number of ether oxygens (including phenoxy) is 2. The molecule has 2 bridgehead atoms. The minimum absolute atomic E-state index is 0.0425. The molecule has 1 amide bonds. The highest BCUT2D eigenvalue weighted by atomic mass is 35.5. The van der Waals surface area contributed by atoms with E-state index in [9.17, 15) is 9.59 Å². The van der Waals surface area contributed by atoms with Gasteiger partial charge in [-0.2, -0.15) is 0 Å². The van der Waals surface area contributed by atoms with Crippen molar-refractivity contribution in [2.75, 3.05) is 5.32 Å². The Labute approximate surface area is 161 Å². The van der Waals surface area contributed by atoms with Crippen LogP contribution in [-0.2, 0) is 14.3 Å². The Balaban J connectivity index is 1.25. The van der Waals surface area contributed by atoms with Crippen molar-refractivity contribution in [1.82, 2.24) is 0 Å². The molecule has 138 valence electrons. The second-order valence-corrected chi connectivity index (χ2v) is 7.93. The number of hydrogen-bond donors (Lipinski definition) is 1. The van der Waals surface area contributed by atoms with Crippen molar-refractivity contribution >= 4 is 29.2 Å². The third-order valence-corrected chi connectivity index (χ3v) is 6.21. The highest BCUT2D eigenvalue weighted by Crippen LogP contribution is 2.57. The molecule has 0 aromatic heterocycles. The zero-order valence-electron chi connectivity index (χ0n) is 14.4. The Kier molecular flexibility index (Phi) is 3.86. The van der Waals surface area contributed by atoms with Gasteiger partial charge in [-0.3, -0.25) is 9.59 Å². The zero-order chi connectivity index (χ0) is 18.5. The lowest BCUT2D eigenvalue weighted by molar-refractivity contribution is -0.145. The van der Waals surface area contributed by atoms with Crippen molar-refractivity contribution in [3.8, 4) is 11.5 Å². The summed E-state index contributed by atoms with van der Waals surface area (Å²) in [6, 6.07) is 14.3. The van der Waals surface area contributed by atoms with Gasteiger partial charge in [0.25, 0.3) is 0 Å². The molecule has 2 aliphatic carbocycles. The first-order valence-corrected chi connectivity index (χ1v) is 9.51. The minimum atomic E-state index is -0.272. The van der Waals surface area contributed by atoms with Gasteiger partial charge < -0.3 is 14.8 Å². The lowest BCUT2D eigenvalue weighted by Gasteiger charge is -2.23. The Hall–Kier alpha value is -2.53. The normalized spacial score (nSPS) is 30.3. The van der Waals surface area contributed by atoms with Gasteiger partial charge >= 0.3 is 5.97 Å². The molecule has 1 N–H and O–H groups in total. The lowest BCUT2D eigenvalue weighted by atomic mass is 9.79. The monoisotopic (exact) mass is 383 g/mol. The van der Waals surface area contributed by atoms with Gasteiger partial charge in [-0.25, -0.2) is 0 Å². The number of fused-ring (bicyclic) bond motifs is 1. The SMILES string of the molecule is O=C(Nc1ccc(Oc2ccc(Cl)cc2)cc1)[C@H]1[C@H]2C[C@@H]3[C@@H]1C(=O)O[C@@H]3C2. The third-order valence-electron chi connectivity index (χ3n) is 5.96. The van der Waals surface area contributed by atoms with Crippen molar-refractivity contribution in [2.24, 2.45) is 23.7 Å². The van der Waals surface area contributed by atoms with Crippen LogP contribution in [0.2, 0.25) is 5.02 Å². The summed E-state index contributed by atoms with van der Waals surface area (Å²) in [6.07, 6.45) is 1.78. The maximum atomic E-state index is 12.8. The number of carbonyl (C=O) groups is 2. The van der Waals surface area contributed by atoms with Crippen LogP contribution in [0.25, 0.3) is 0 Å². The van der Waals surface area contributed by atoms with Gasteiger partial charge in [-0.15, -0.1) is 0 Å². The molecule has 3 fully saturated rings. The average Bonchev–Trinajstić information content (AvgIpc) is 3.27. The molecule has 2 aromatic rings. The van der Waals surface area contributed by atoms with Crippen LogP contribution in [0.3, 0.4) is 0 Å². The Morgan fingerprint density at radius 1 is 1.04 bits per heavy atom. The van der Waals surface area contributed by atoms with Crippen LogP contribution < -0.4 is 10.1 Å². The molecule has 3 aliphatic rings. The molecular weight excluding hydrogens is 366 g/mol. The van der Waals surface area contributed by atoms with E-state index in [0.29, 0.717) is 22.2 Å². The van der Waals surface area contributed by atoms with Gasteiger partial charge in [0.1, 0.15) is 17.6 Å². The van der Waals surface area contributed by atoms with Crippen molar-refractivity contribution in [2.45, 2.75) is 18.9 Å².